The van der Waals surface area contributed by atoms with Crippen molar-refractivity contribution < 1.29 is 19.1 Å². The first-order valence-electron chi connectivity index (χ1n) is 10.7. The van der Waals surface area contributed by atoms with Crippen molar-refractivity contribution in [1.82, 2.24) is 14.5 Å². The molecule has 0 atom stereocenters. The normalized spacial score (nSPS) is 10.4. The Hall–Kier alpha value is -5.17. The van der Waals surface area contributed by atoms with Gasteiger partial charge in [-0.05, 0) is 30.3 Å². The monoisotopic (exact) mass is 483 g/mol. The van der Waals surface area contributed by atoms with Crippen LogP contribution in [0.4, 0.5) is 17.3 Å². The standard InChI is InChI=1S/C26H21N5O5/c1-4-17-12-24(34)31(19-9-7-8-18(13-19)28-23(33)15-36-16(2)32)25-20(17)14-27-26(30-25)29-21-10-5-6-11-22(21)35-3/h1,5-14H,15H2,2-3H3,(H,28,33)(H,27,29,30). The number of aromatic nitrogens is 3. The number of para-hydroxylation sites is 2. The van der Waals surface area contributed by atoms with E-state index in [1.807, 2.05) is 12.1 Å². The molecular weight excluding hydrogens is 462 g/mol. The van der Waals surface area contributed by atoms with Crippen LogP contribution >= 0.6 is 0 Å². The number of carbonyl (C=O) groups is 2. The van der Waals surface area contributed by atoms with Crippen molar-refractivity contribution in [3.05, 3.63) is 76.7 Å². The molecule has 0 radical (unpaired) electrons. The van der Waals surface area contributed by atoms with Crippen LogP contribution in [0.3, 0.4) is 0 Å². The molecule has 2 aromatic carbocycles. The van der Waals surface area contributed by atoms with Gasteiger partial charge in [0.25, 0.3) is 11.5 Å². The van der Waals surface area contributed by atoms with Crippen molar-refractivity contribution in [2.24, 2.45) is 0 Å². The number of anilines is 3. The lowest BCUT2D eigenvalue weighted by Gasteiger charge is -2.14. The van der Waals surface area contributed by atoms with Crippen LogP contribution in [0.15, 0.2) is 65.6 Å². The van der Waals surface area contributed by atoms with Gasteiger partial charge in [-0.25, -0.2) is 4.98 Å². The minimum Gasteiger partial charge on any atom is -0.495 e. The predicted octanol–water partition coefficient (Wildman–Crippen LogP) is 3.02. The average molecular weight is 483 g/mol. The molecule has 0 aliphatic heterocycles. The molecule has 0 aliphatic rings. The van der Waals surface area contributed by atoms with E-state index in [0.29, 0.717) is 33.8 Å². The highest BCUT2D eigenvalue weighted by Crippen LogP contribution is 2.27. The summed E-state index contributed by atoms with van der Waals surface area (Å²) in [5.74, 6) is 2.23. The number of nitrogens with one attached hydrogen (secondary N) is 2. The van der Waals surface area contributed by atoms with Gasteiger partial charge >= 0.3 is 5.97 Å². The Balaban J connectivity index is 1.78. The number of hydrogen-bond donors (Lipinski definition) is 2. The van der Waals surface area contributed by atoms with Crippen LogP contribution in [0.5, 0.6) is 5.75 Å². The van der Waals surface area contributed by atoms with Crippen LogP contribution in [0.1, 0.15) is 12.5 Å². The van der Waals surface area contributed by atoms with E-state index in [0.717, 1.165) is 0 Å². The number of nitrogens with zero attached hydrogens (tertiary/aromatic N) is 3. The van der Waals surface area contributed by atoms with E-state index < -0.39 is 24.0 Å². The topological polar surface area (TPSA) is 124 Å². The number of terminal acetylenes is 1. The number of methoxy groups -OCH3 is 1. The highest BCUT2D eigenvalue weighted by atomic mass is 16.5. The summed E-state index contributed by atoms with van der Waals surface area (Å²) in [6.07, 6.45) is 7.17. The number of fused-ring (bicyclic) bond motifs is 1. The minimum atomic E-state index is -0.567. The van der Waals surface area contributed by atoms with Crippen molar-refractivity contribution in [1.29, 1.82) is 0 Å². The van der Waals surface area contributed by atoms with Gasteiger partial charge in [0, 0.05) is 30.4 Å². The molecule has 0 aliphatic carbocycles. The van der Waals surface area contributed by atoms with E-state index in [1.165, 1.54) is 23.8 Å². The van der Waals surface area contributed by atoms with Crippen molar-refractivity contribution >= 4 is 40.2 Å². The first kappa shape index (κ1) is 24.0. The fourth-order valence-electron chi connectivity index (χ4n) is 3.49. The van der Waals surface area contributed by atoms with Gasteiger partial charge in [0.05, 0.1) is 23.9 Å². The number of pyridine rings is 1. The molecule has 1 amide bonds. The molecule has 0 saturated heterocycles. The molecular formula is C26H21N5O5. The molecule has 2 heterocycles. The summed E-state index contributed by atoms with van der Waals surface area (Å²) in [6.45, 7) is 0.786. The second-order valence-corrected chi connectivity index (χ2v) is 7.51. The fourth-order valence-corrected chi connectivity index (χ4v) is 3.49. The summed E-state index contributed by atoms with van der Waals surface area (Å²) in [5.41, 5.74) is 1.67. The molecule has 0 unspecified atom stereocenters. The Morgan fingerprint density at radius 1 is 1.14 bits per heavy atom. The summed E-state index contributed by atoms with van der Waals surface area (Å²) >= 11 is 0. The highest BCUT2D eigenvalue weighted by molar-refractivity contribution is 5.93. The van der Waals surface area contributed by atoms with Crippen molar-refractivity contribution in [3.63, 3.8) is 0 Å². The van der Waals surface area contributed by atoms with Crippen LogP contribution in [0.25, 0.3) is 16.7 Å². The van der Waals surface area contributed by atoms with Crippen LogP contribution in [0.2, 0.25) is 0 Å². The number of benzene rings is 2. The van der Waals surface area contributed by atoms with Gasteiger partial charge in [0.2, 0.25) is 5.95 Å². The Morgan fingerprint density at radius 2 is 1.94 bits per heavy atom. The smallest absolute Gasteiger partial charge is 0.303 e. The van der Waals surface area contributed by atoms with E-state index in [4.69, 9.17) is 15.9 Å². The van der Waals surface area contributed by atoms with Gasteiger partial charge in [-0.1, -0.05) is 24.1 Å². The van der Waals surface area contributed by atoms with E-state index in [2.05, 4.69) is 26.5 Å². The molecule has 4 rings (SSSR count). The Morgan fingerprint density at radius 3 is 2.69 bits per heavy atom. The maximum Gasteiger partial charge on any atom is 0.303 e. The Labute approximate surface area is 205 Å². The zero-order chi connectivity index (χ0) is 25.7. The molecule has 0 spiro atoms. The van der Waals surface area contributed by atoms with Gasteiger partial charge < -0.3 is 20.1 Å². The van der Waals surface area contributed by atoms with Gasteiger partial charge in [0.15, 0.2) is 12.3 Å². The lowest BCUT2D eigenvalue weighted by atomic mass is 10.1. The third-order valence-corrected chi connectivity index (χ3v) is 5.06. The zero-order valence-corrected chi connectivity index (χ0v) is 19.4. The van der Waals surface area contributed by atoms with Gasteiger partial charge in [-0.2, -0.15) is 4.98 Å². The quantitative estimate of drug-likeness (QED) is 0.304. The molecule has 0 saturated carbocycles. The number of hydrogen-bond acceptors (Lipinski definition) is 8. The van der Waals surface area contributed by atoms with E-state index >= 15 is 0 Å². The second-order valence-electron chi connectivity index (χ2n) is 7.51. The largest absolute Gasteiger partial charge is 0.495 e. The number of carbonyl (C=O) groups excluding carboxylic acids is 2. The van der Waals surface area contributed by atoms with Crippen LogP contribution in [0, 0.1) is 12.3 Å². The summed E-state index contributed by atoms with van der Waals surface area (Å²) in [7, 11) is 1.55. The summed E-state index contributed by atoms with van der Waals surface area (Å²) < 4.78 is 11.4. The summed E-state index contributed by atoms with van der Waals surface area (Å²) in [4.78, 5) is 45.1. The lowest BCUT2D eigenvalue weighted by Crippen LogP contribution is -2.21. The first-order chi connectivity index (χ1) is 17.4. The second kappa shape index (κ2) is 10.4. The minimum absolute atomic E-state index is 0.222. The SMILES string of the molecule is C#Cc1cc(=O)n(-c2cccc(NC(=O)COC(C)=O)c2)c2nc(Nc3ccccc3OC)ncc12. The Kier molecular flexibility index (Phi) is 6.92. The molecule has 2 N–H and O–H groups in total. The third-order valence-electron chi connectivity index (χ3n) is 5.06. The Bertz CT molecular complexity index is 1570. The maximum atomic E-state index is 13.1. The predicted molar refractivity (Wildman–Crippen MR) is 135 cm³/mol. The van der Waals surface area contributed by atoms with Crippen LogP contribution in [-0.4, -0.2) is 40.1 Å². The molecule has 2 aromatic heterocycles. The van der Waals surface area contributed by atoms with Gasteiger partial charge in [-0.3, -0.25) is 19.0 Å². The maximum absolute atomic E-state index is 13.1. The van der Waals surface area contributed by atoms with E-state index in [1.54, 1.807) is 43.5 Å². The molecule has 0 fully saturated rings. The number of amides is 1. The molecule has 36 heavy (non-hydrogen) atoms. The van der Waals surface area contributed by atoms with Gasteiger partial charge in [0.1, 0.15) is 5.75 Å². The highest BCUT2D eigenvalue weighted by Gasteiger charge is 2.15. The lowest BCUT2D eigenvalue weighted by molar-refractivity contribution is -0.144. The summed E-state index contributed by atoms with van der Waals surface area (Å²) in [6, 6.07) is 15.2. The molecule has 180 valence electrons. The summed E-state index contributed by atoms with van der Waals surface area (Å²) in [5, 5.41) is 6.22. The number of ether oxygens (including phenoxy) is 2. The van der Waals surface area contributed by atoms with E-state index in [-0.39, 0.29) is 11.6 Å². The zero-order valence-electron chi connectivity index (χ0n) is 19.4. The van der Waals surface area contributed by atoms with Crippen LogP contribution in [-0.2, 0) is 14.3 Å². The fraction of sp³-hybridized carbons (Fsp3) is 0.115. The number of esters is 1. The molecule has 4 aromatic rings. The average Bonchev–Trinajstić information content (AvgIpc) is 2.87. The third kappa shape index (κ3) is 5.15. The van der Waals surface area contributed by atoms with Gasteiger partial charge in [-0.15, -0.1) is 6.42 Å². The van der Waals surface area contributed by atoms with Crippen molar-refractivity contribution in [2.75, 3.05) is 24.4 Å². The van der Waals surface area contributed by atoms with Crippen LogP contribution < -0.4 is 20.9 Å². The first-order valence-corrected chi connectivity index (χ1v) is 10.7. The van der Waals surface area contributed by atoms with Crippen molar-refractivity contribution in [3.8, 4) is 23.8 Å². The van der Waals surface area contributed by atoms with Crippen molar-refractivity contribution in [2.45, 2.75) is 6.92 Å². The molecule has 10 nitrogen and oxygen atoms in total. The number of rotatable bonds is 7. The molecule has 10 heteroatoms. The molecule has 0 bridgehead atoms. The van der Waals surface area contributed by atoms with E-state index in [9.17, 15) is 14.4 Å².